The highest BCUT2D eigenvalue weighted by Gasteiger charge is 2.15. The molecule has 0 atom stereocenters. The van der Waals surface area contributed by atoms with Crippen LogP contribution in [0.5, 0.6) is 0 Å². The standard InChI is InChI=1S/C7H8N5/c1-5-9-6(11-10-5)7-8-3-4-12(7)2/h3-4H,1-2H3. The van der Waals surface area contributed by atoms with Crippen molar-refractivity contribution in [3.63, 3.8) is 0 Å². The summed E-state index contributed by atoms with van der Waals surface area (Å²) >= 11 is 0. The second-order valence-corrected chi connectivity index (χ2v) is 2.54. The molecule has 1 radical (unpaired) electrons. The summed E-state index contributed by atoms with van der Waals surface area (Å²) in [5.74, 6) is 2.00. The third-order valence-electron chi connectivity index (χ3n) is 1.58. The van der Waals surface area contributed by atoms with E-state index in [1.807, 2.05) is 17.8 Å². The maximum absolute atomic E-state index is 4.11. The fraction of sp³-hybridized carbons (Fsp3) is 0.286. The lowest BCUT2D eigenvalue weighted by atomic mass is 10.5. The van der Waals surface area contributed by atoms with E-state index in [-0.39, 0.29) is 0 Å². The van der Waals surface area contributed by atoms with E-state index >= 15 is 0 Å². The van der Waals surface area contributed by atoms with E-state index in [1.54, 1.807) is 13.1 Å². The summed E-state index contributed by atoms with van der Waals surface area (Å²) in [5.41, 5.74) is 0. The van der Waals surface area contributed by atoms with Crippen molar-refractivity contribution in [1.29, 1.82) is 0 Å². The summed E-state index contributed by atoms with van der Waals surface area (Å²) in [7, 11) is 1.90. The predicted octanol–water partition coefficient (Wildman–Crippen LogP) is 0.118. The molecule has 2 rings (SSSR count). The first-order valence-corrected chi connectivity index (χ1v) is 3.59. The van der Waals surface area contributed by atoms with Crippen LogP contribution in [0.3, 0.4) is 0 Å². The van der Waals surface area contributed by atoms with Crippen LogP contribution in [0.2, 0.25) is 0 Å². The number of aromatic nitrogens is 2. The van der Waals surface area contributed by atoms with Crippen molar-refractivity contribution in [2.45, 2.75) is 6.92 Å². The van der Waals surface area contributed by atoms with E-state index in [9.17, 15) is 0 Å². The Morgan fingerprint density at radius 1 is 1.33 bits per heavy atom. The lowest BCUT2D eigenvalue weighted by Gasteiger charge is -1.97. The number of rotatable bonds is 1. The maximum atomic E-state index is 4.11. The molecule has 1 aliphatic rings. The minimum atomic E-state index is 0.583. The molecule has 0 fully saturated rings. The lowest BCUT2D eigenvalue weighted by Crippen LogP contribution is -2.20. The fourth-order valence-electron chi connectivity index (χ4n) is 0.994. The molecule has 5 heteroatoms. The van der Waals surface area contributed by atoms with Crippen molar-refractivity contribution in [2.75, 3.05) is 0 Å². The van der Waals surface area contributed by atoms with Crippen molar-refractivity contribution in [1.82, 2.24) is 14.9 Å². The third-order valence-corrected chi connectivity index (χ3v) is 1.58. The summed E-state index contributed by atoms with van der Waals surface area (Å²) in [5, 5.41) is 11.8. The van der Waals surface area contributed by atoms with Crippen LogP contribution in [-0.2, 0) is 7.05 Å². The van der Waals surface area contributed by atoms with Gasteiger partial charge in [-0.1, -0.05) is 0 Å². The Morgan fingerprint density at radius 3 is 2.67 bits per heavy atom. The zero-order valence-electron chi connectivity index (χ0n) is 6.89. The molecule has 12 heavy (non-hydrogen) atoms. The van der Waals surface area contributed by atoms with Gasteiger partial charge >= 0.3 is 0 Å². The molecule has 5 nitrogen and oxygen atoms in total. The summed E-state index contributed by atoms with van der Waals surface area (Å²) in [6.07, 6.45) is 3.56. The SMILES string of the molecule is CC1=NN=C(c2nccn2C)[N]1. The molecular weight excluding hydrogens is 154 g/mol. The third kappa shape index (κ3) is 0.990. The van der Waals surface area contributed by atoms with Gasteiger partial charge in [0.1, 0.15) is 0 Å². The minimum absolute atomic E-state index is 0.583. The van der Waals surface area contributed by atoms with Gasteiger partial charge in [0.25, 0.3) is 0 Å². The summed E-state index contributed by atoms with van der Waals surface area (Å²) in [4.78, 5) is 4.10. The fourth-order valence-corrected chi connectivity index (χ4v) is 0.994. The van der Waals surface area contributed by atoms with Crippen LogP contribution in [0, 0.1) is 0 Å². The molecule has 0 bridgehead atoms. The van der Waals surface area contributed by atoms with Gasteiger partial charge in [0.05, 0.1) is 0 Å². The predicted molar refractivity (Wildman–Crippen MR) is 45.0 cm³/mol. The van der Waals surface area contributed by atoms with Crippen molar-refractivity contribution >= 4 is 11.7 Å². The van der Waals surface area contributed by atoms with E-state index in [2.05, 4.69) is 20.5 Å². The Hall–Kier alpha value is -1.65. The van der Waals surface area contributed by atoms with E-state index in [0.29, 0.717) is 11.7 Å². The van der Waals surface area contributed by atoms with Gasteiger partial charge in [0.2, 0.25) is 5.84 Å². The van der Waals surface area contributed by atoms with Crippen LogP contribution >= 0.6 is 0 Å². The molecular formula is C7H8N5. The molecule has 0 N–H and O–H groups in total. The van der Waals surface area contributed by atoms with Crippen molar-refractivity contribution in [3.8, 4) is 0 Å². The molecule has 61 valence electrons. The lowest BCUT2D eigenvalue weighted by molar-refractivity contribution is 0.890. The number of imidazole rings is 1. The van der Waals surface area contributed by atoms with Gasteiger partial charge in [0, 0.05) is 19.4 Å². The van der Waals surface area contributed by atoms with Crippen molar-refractivity contribution in [2.24, 2.45) is 17.3 Å². The Morgan fingerprint density at radius 2 is 2.17 bits per heavy atom. The molecule has 0 saturated carbocycles. The van der Waals surface area contributed by atoms with Crippen molar-refractivity contribution < 1.29 is 0 Å². The average Bonchev–Trinajstić information content (AvgIpc) is 2.58. The summed E-state index contributed by atoms with van der Waals surface area (Å²) in [6.45, 7) is 1.80. The number of amidine groups is 2. The highest BCUT2D eigenvalue weighted by Crippen LogP contribution is 2.01. The first kappa shape index (κ1) is 7.02. The maximum Gasteiger partial charge on any atom is 0.219 e. The molecule has 1 aromatic rings. The quantitative estimate of drug-likeness (QED) is 0.578. The highest BCUT2D eigenvalue weighted by atomic mass is 15.4. The van der Waals surface area contributed by atoms with Crippen LogP contribution in [0.25, 0.3) is 0 Å². The van der Waals surface area contributed by atoms with Gasteiger partial charge in [0.15, 0.2) is 11.7 Å². The Kier molecular flexibility index (Phi) is 1.43. The van der Waals surface area contributed by atoms with Gasteiger partial charge < -0.3 is 4.57 Å². The number of nitrogens with zero attached hydrogens (tertiary/aromatic N) is 5. The second kappa shape index (κ2) is 2.44. The van der Waals surface area contributed by atoms with E-state index in [4.69, 9.17) is 0 Å². The average molecular weight is 162 g/mol. The highest BCUT2D eigenvalue weighted by molar-refractivity contribution is 6.09. The second-order valence-electron chi connectivity index (χ2n) is 2.54. The first-order valence-electron chi connectivity index (χ1n) is 3.59. The van der Waals surface area contributed by atoms with Gasteiger partial charge in [-0.25, -0.2) is 10.3 Å². The topological polar surface area (TPSA) is 56.6 Å². The molecule has 0 aliphatic carbocycles. The van der Waals surface area contributed by atoms with E-state index in [1.165, 1.54) is 0 Å². The summed E-state index contributed by atoms with van der Waals surface area (Å²) in [6, 6.07) is 0. The van der Waals surface area contributed by atoms with E-state index in [0.717, 1.165) is 5.82 Å². The summed E-state index contributed by atoms with van der Waals surface area (Å²) < 4.78 is 1.86. The minimum Gasteiger partial charge on any atom is -0.331 e. The molecule has 0 aromatic carbocycles. The molecule has 1 aliphatic heterocycles. The molecule has 1 aromatic heterocycles. The van der Waals surface area contributed by atoms with Crippen LogP contribution in [0.4, 0.5) is 0 Å². The largest absolute Gasteiger partial charge is 0.331 e. The molecule has 0 spiro atoms. The molecule has 2 heterocycles. The zero-order chi connectivity index (χ0) is 8.55. The Labute approximate surface area is 69.8 Å². The zero-order valence-corrected chi connectivity index (χ0v) is 6.89. The van der Waals surface area contributed by atoms with Crippen molar-refractivity contribution in [3.05, 3.63) is 18.2 Å². The van der Waals surface area contributed by atoms with E-state index < -0.39 is 0 Å². The van der Waals surface area contributed by atoms with Gasteiger partial charge in [-0.2, -0.15) is 0 Å². The first-order chi connectivity index (χ1) is 5.77. The Bertz CT molecular complexity index is 360. The van der Waals surface area contributed by atoms with Gasteiger partial charge in [-0.3, -0.25) is 0 Å². The van der Waals surface area contributed by atoms with Crippen LogP contribution in [0.1, 0.15) is 12.7 Å². The van der Waals surface area contributed by atoms with Crippen LogP contribution in [-0.4, -0.2) is 21.2 Å². The van der Waals surface area contributed by atoms with Gasteiger partial charge in [-0.15, -0.1) is 10.2 Å². The normalized spacial score (nSPS) is 15.5. The number of hydrogen-bond donors (Lipinski definition) is 0. The smallest absolute Gasteiger partial charge is 0.219 e. The van der Waals surface area contributed by atoms with Crippen LogP contribution in [0.15, 0.2) is 22.6 Å². The van der Waals surface area contributed by atoms with Gasteiger partial charge in [-0.05, 0) is 6.92 Å². The van der Waals surface area contributed by atoms with Crippen LogP contribution < -0.4 is 5.32 Å². The molecule has 0 saturated heterocycles. The monoisotopic (exact) mass is 162 g/mol. The molecule has 0 amide bonds. The number of aryl methyl sites for hydroxylation is 1. The molecule has 0 unspecified atom stereocenters. The Balaban J connectivity index is 2.30. The number of hydrogen-bond acceptors (Lipinski definition) is 3.